The number of nitrogens with one attached hydrogen (secondary N) is 1. The van der Waals surface area contributed by atoms with E-state index in [2.05, 4.69) is 24.1 Å². The third-order valence-electron chi connectivity index (χ3n) is 3.61. The molecular weight excluding hydrogens is 184 g/mol. The average Bonchev–Trinajstić information content (AvgIpc) is 2.30. The van der Waals surface area contributed by atoms with Gasteiger partial charge in [0, 0.05) is 0 Å². The lowest BCUT2D eigenvalue weighted by Gasteiger charge is -2.31. The zero-order valence-electron chi connectivity index (χ0n) is 10.6. The third kappa shape index (κ3) is 5.53. The van der Waals surface area contributed by atoms with Crippen molar-refractivity contribution in [3.05, 3.63) is 0 Å². The third-order valence-corrected chi connectivity index (χ3v) is 3.61. The number of unbranched alkanes of at least 4 members (excludes halogenated alkanes) is 1. The summed E-state index contributed by atoms with van der Waals surface area (Å²) in [5.74, 6) is 1.02. The fourth-order valence-electron chi connectivity index (χ4n) is 2.38. The number of likely N-dealkylation sites (tertiary alicyclic amines) is 1. The van der Waals surface area contributed by atoms with Crippen molar-refractivity contribution in [2.45, 2.75) is 46.0 Å². The monoisotopic (exact) mass is 212 g/mol. The lowest BCUT2D eigenvalue weighted by Crippen LogP contribution is -2.34. The Morgan fingerprint density at radius 3 is 2.47 bits per heavy atom. The van der Waals surface area contributed by atoms with Crippen molar-refractivity contribution < 1.29 is 0 Å². The molecule has 1 aliphatic rings. The summed E-state index contributed by atoms with van der Waals surface area (Å²) in [5, 5.41) is 3.38. The Kier molecular flexibility index (Phi) is 7.03. The molecule has 0 radical (unpaired) electrons. The first-order valence-corrected chi connectivity index (χ1v) is 6.79. The van der Waals surface area contributed by atoms with E-state index in [1.165, 1.54) is 58.3 Å². The van der Waals surface area contributed by atoms with Crippen LogP contribution >= 0.6 is 0 Å². The zero-order valence-corrected chi connectivity index (χ0v) is 10.6. The van der Waals surface area contributed by atoms with Crippen LogP contribution < -0.4 is 5.32 Å². The van der Waals surface area contributed by atoms with Crippen molar-refractivity contribution in [3.8, 4) is 0 Å². The van der Waals surface area contributed by atoms with Gasteiger partial charge in [-0.1, -0.05) is 20.3 Å². The van der Waals surface area contributed by atoms with Crippen LogP contribution in [-0.4, -0.2) is 37.6 Å². The van der Waals surface area contributed by atoms with Crippen LogP contribution in [-0.2, 0) is 0 Å². The predicted octanol–water partition coefficient (Wildman–Crippen LogP) is 2.50. The molecule has 0 amide bonds. The first-order valence-electron chi connectivity index (χ1n) is 6.79. The molecular formula is C13H28N2. The van der Waals surface area contributed by atoms with Crippen molar-refractivity contribution >= 4 is 0 Å². The highest BCUT2D eigenvalue weighted by atomic mass is 15.1. The van der Waals surface area contributed by atoms with E-state index in [9.17, 15) is 0 Å². The van der Waals surface area contributed by atoms with Gasteiger partial charge in [-0.15, -0.1) is 0 Å². The molecule has 1 saturated heterocycles. The minimum atomic E-state index is 1.02. The summed E-state index contributed by atoms with van der Waals surface area (Å²) in [6, 6.07) is 0. The number of hydrogen-bond donors (Lipinski definition) is 1. The second-order valence-corrected chi connectivity index (χ2v) is 4.75. The highest BCUT2D eigenvalue weighted by molar-refractivity contribution is 4.71. The second-order valence-electron chi connectivity index (χ2n) is 4.75. The van der Waals surface area contributed by atoms with Crippen LogP contribution in [0.4, 0.5) is 0 Å². The maximum Gasteiger partial charge on any atom is -0.00161 e. The number of piperidine rings is 1. The smallest absolute Gasteiger partial charge is 0.00161 e. The molecule has 0 spiro atoms. The van der Waals surface area contributed by atoms with Crippen molar-refractivity contribution in [3.63, 3.8) is 0 Å². The first kappa shape index (κ1) is 13.0. The second kappa shape index (κ2) is 8.12. The Morgan fingerprint density at radius 1 is 1.13 bits per heavy atom. The molecule has 0 aromatic carbocycles. The number of rotatable bonds is 7. The summed E-state index contributed by atoms with van der Waals surface area (Å²) in [6.45, 7) is 10.8. The molecule has 0 aliphatic carbocycles. The Labute approximate surface area is 95.4 Å². The topological polar surface area (TPSA) is 15.3 Å². The molecule has 0 aromatic rings. The van der Waals surface area contributed by atoms with Crippen LogP contribution in [0.25, 0.3) is 0 Å². The minimum Gasteiger partial charge on any atom is -0.317 e. The van der Waals surface area contributed by atoms with Crippen molar-refractivity contribution in [1.82, 2.24) is 10.2 Å². The molecule has 0 aromatic heterocycles. The van der Waals surface area contributed by atoms with Gasteiger partial charge >= 0.3 is 0 Å². The summed E-state index contributed by atoms with van der Waals surface area (Å²) in [7, 11) is 0. The standard InChI is InChI=1S/C13H28N2/c1-3-13-7-11-15(12-8-13)10-6-5-9-14-4-2/h13-14H,3-12H2,1-2H3. The fraction of sp³-hybridized carbons (Fsp3) is 1.00. The molecule has 2 heteroatoms. The van der Waals surface area contributed by atoms with E-state index >= 15 is 0 Å². The van der Waals surface area contributed by atoms with Crippen LogP contribution in [0.15, 0.2) is 0 Å². The molecule has 1 heterocycles. The molecule has 1 N–H and O–H groups in total. The lowest BCUT2D eigenvalue weighted by molar-refractivity contribution is 0.179. The van der Waals surface area contributed by atoms with Gasteiger partial charge < -0.3 is 10.2 Å². The molecule has 0 saturated carbocycles. The Balaban J connectivity index is 1.94. The molecule has 2 nitrogen and oxygen atoms in total. The van der Waals surface area contributed by atoms with E-state index in [1.807, 2.05) is 0 Å². The van der Waals surface area contributed by atoms with Gasteiger partial charge in [0.25, 0.3) is 0 Å². The maximum atomic E-state index is 3.38. The molecule has 0 bridgehead atoms. The van der Waals surface area contributed by atoms with Gasteiger partial charge in [0.15, 0.2) is 0 Å². The van der Waals surface area contributed by atoms with Gasteiger partial charge in [-0.25, -0.2) is 0 Å². The van der Waals surface area contributed by atoms with E-state index < -0.39 is 0 Å². The van der Waals surface area contributed by atoms with E-state index in [0.29, 0.717) is 0 Å². The highest BCUT2D eigenvalue weighted by Gasteiger charge is 2.16. The largest absolute Gasteiger partial charge is 0.317 e. The predicted molar refractivity (Wildman–Crippen MR) is 67.2 cm³/mol. The van der Waals surface area contributed by atoms with Crippen LogP contribution in [0.2, 0.25) is 0 Å². The summed E-state index contributed by atoms with van der Waals surface area (Å²) >= 11 is 0. The van der Waals surface area contributed by atoms with Crippen LogP contribution in [0, 0.1) is 5.92 Å². The minimum absolute atomic E-state index is 1.02. The van der Waals surface area contributed by atoms with Crippen molar-refractivity contribution in [2.75, 3.05) is 32.7 Å². The van der Waals surface area contributed by atoms with Gasteiger partial charge in [0.1, 0.15) is 0 Å². The summed E-state index contributed by atoms with van der Waals surface area (Å²) in [6.07, 6.45) is 6.95. The van der Waals surface area contributed by atoms with Gasteiger partial charge in [-0.05, 0) is 64.3 Å². The van der Waals surface area contributed by atoms with E-state index in [-0.39, 0.29) is 0 Å². The first-order chi connectivity index (χ1) is 7.36. The quantitative estimate of drug-likeness (QED) is 0.652. The normalized spacial score (nSPS) is 19.6. The van der Waals surface area contributed by atoms with Crippen LogP contribution in [0.3, 0.4) is 0 Å². The summed E-state index contributed by atoms with van der Waals surface area (Å²) in [4.78, 5) is 2.65. The number of nitrogens with zero attached hydrogens (tertiary/aromatic N) is 1. The molecule has 0 unspecified atom stereocenters. The highest BCUT2D eigenvalue weighted by Crippen LogP contribution is 2.19. The van der Waals surface area contributed by atoms with Crippen LogP contribution in [0.1, 0.15) is 46.0 Å². The Hall–Kier alpha value is -0.0800. The number of hydrogen-bond acceptors (Lipinski definition) is 2. The van der Waals surface area contributed by atoms with E-state index in [0.717, 1.165) is 12.5 Å². The molecule has 1 fully saturated rings. The molecule has 0 atom stereocenters. The fourth-order valence-corrected chi connectivity index (χ4v) is 2.38. The molecule has 1 aliphatic heterocycles. The molecule has 15 heavy (non-hydrogen) atoms. The van der Waals surface area contributed by atoms with Gasteiger partial charge in [-0.2, -0.15) is 0 Å². The summed E-state index contributed by atoms with van der Waals surface area (Å²) in [5.41, 5.74) is 0. The van der Waals surface area contributed by atoms with Gasteiger partial charge in [0.2, 0.25) is 0 Å². The van der Waals surface area contributed by atoms with Crippen molar-refractivity contribution in [1.29, 1.82) is 0 Å². The SMILES string of the molecule is CCNCCCCN1CCC(CC)CC1. The van der Waals surface area contributed by atoms with Crippen molar-refractivity contribution in [2.24, 2.45) is 5.92 Å². The Morgan fingerprint density at radius 2 is 1.87 bits per heavy atom. The lowest BCUT2D eigenvalue weighted by atomic mass is 9.94. The Bertz CT molecular complexity index is 139. The maximum absolute atomic E-state index is 3.38. The summed E-state index contributed by atoms with van der Waals surface area (Å²) < 4.78 is 0. The zero-order chi connectivity index (χ0) is 10.9. The van der Waals surface area contributed by atoms with Crippen LogP contribution in [0.5, 0.6) is 0 Å². The average molecular weight is 212 g/mol. The van der Waals surface area contributed by atoms with Gasteiger partial charge in [0.05, 0.1) is 0 Å². The molecule has 90 valence electrons. The van der Waals surface area contributed by atoms with E-state index in [1.54, 1.807) is 0 Å². The van der Waals surface area contributed by atoms with E-state index in [4.69, 9.17) is 0 Å². The van der Waals surface area contributed by atoms with Gasteiger partial charge in [-0.3, -0.25) is 0 Å². The molecule has 1 rings (SSSR count).